The Kier molecular flexibility index (Phi) is 4.04. The molecular formula is C11H20N2O3S. The van der Waals surface area contributed by atoms with Gasteiger partial charge in [-0.3, -0.25) is 4.79 Å². The molecule has 0 spiro atoms. The fourth-order valence-corrected chi connectivity index (χ4v) is 3.90. The minimum absolute atomic E-state index is 0.149. The van der Waals surface area contributed by atoms with E-state index in [4.69, 9.17) is 0 Å². The molecule has 0 saturated carbocycles. The summed E-state index contributed by atoms with van der Waals surface area (Å²) >= 11 is 0. The van der Waals surface area contributed by atoms with E-state index < -0.39 is 9.84 Å². The van der Waals surface area contributed by atoms with Crippen molar-refractivity contribution in [3.8, 4) is 0 Å². The predicted octanol–water partition coefficient (Wildman–Crippen LogP) is -0.224. The topological polar surface area (TPSA) is 66.5 Å². The summed E-state index contributed by atoms with van der Waals surface area (Å²) in [5.74, 6) is 0.654. The van der Waals surface area contributed by atoms with Gasteiger partial charge in [0.25, 0.3) is 0 Å². The largest absolute Gasteiger partial charge is 0.342 e. The zero-order valence-corrected chi connectivity index (χ0v) is 10.8. The van der Waals surface area contributed by atoms with Crippen molar-refractivity contribution in [2.45, 2.75) is 31.7 Å². The summed E-state index contributed by atoms with van der Waals surface area (Å²) in [6.45, 7) is 2.10. The zero-order valence-electron chi connectivity index (χ0n) is 10.0. The average Bonchev–Trinajstić information content (AvgIpc) is 2.80. The molecular weight excluding hydrogens is 240 g/mol. The van der Waals surface area contributed by atoms with Crippen LogP contribution >= 0.6 is 0 Å². The van der Waals surface area contributed by atoms with E-state index >= 15 is 0 Å². The van der Waals surface area contributed by atoms with Gasteiger partial charge in [0.15, 0.2) is 0 Å². The van der Waals surface area contributed by atoms with Crippen molar-refractivity contribution in [1.82, 2.24) is 10.2 Å². The molecule has 5 nitrogen and oxygen atoms in total. The SMILES string of the molecule is O=C(CNC1CCS(=O)(=O)CC1)N1CCCC1. The first-order valence-electron chi connectivity index (χ1n) is 6.28. The number of sulfone groups is 1. The van der Waals surface area contributed by atoms with Crippen molar-refractivity contribution in [2.24, 2.45) is 0 Å². The molecule has 0 bridgehead atoms. The summed E-state index contributed by atoms with van der Waals surface area (Å²) in [5, 5.41) is 3.18. The highest BCUT2D eigenvalue weighted by molar-refractivity contribution is 7.91. The molecule has 2 rings (SSSR count). The lowest BCUT2D eigenvalue weighted by atomic mass is 10.1. The maximum absolute atomic E-state index is 11.8. The molecule has 0 atom stereocenters. The fourth-order valence-electron chi connectivity index (χ4n) is 2.40. The van der Waals surface area contributed by atoms with Gasteiger partial charge < -0.3 is 10.2 Å². The molecule has 0 aliphatic carbocycles. The standard InChI is InChI=1S/C11H20N2O3S/c14-11(13-5-1-2-6-13)9-12-10-3-7-17(15,16)8-4-10/h10,12H,1-9H2. The fraction of sp³-hybridized carbons (Fsp3) is 0.909. The lowest BCUT2D eigenvalue weighted by Crippen LogP contribution is -2.43. The molecule has 1 N–H and O–H groups in total. The van der Waals surface area contributed by atoms with Crippen molar-refractivity contribution >= 4 is 15.7 Å². The van der Waals surface area contributed by atoms with E-state index in [9.17, 15) is 13.2 Å². The highest BCUT2D eigenvalue weighted by Gasteiger charge is 2.24. The highest BCUT2D eigenvalue weighted by atomic mass is 32.2. The molecule has 1 amide bonds. The summed E-state index contributed by atoms with van der Waals surface area (Å²) in [4.78, 5) is 13.6. The Bertz CT molecular complexity index is 360. The van der Waals surface area contributed by atoms with Gasteiger partial charge in [-0.05, 0) is 25.7 Å². The van der Waals surface area contributed by atoms with Crippen molar-refractivity contribution in [3.63, 3.8) is 0 Å². The van der Waals surface area contributed by atoms with Crippen LogP contribution in [0, 0.1) is 0 Å². The Morgan fingerprint density at radius 1 is 1.18 bits per heavy atom. The predicted molar refractivity (Wildman–Crippen MR) is 65.5 cm³/mol. The van der Waals surface area contributed by atoms with Crippen LogP contribution in [0.4, 0.5) is 0 Å². The Labute approximate surface area is 102 Å². The Morgan fingerprint density at radius 3 is 2.35 bits per heavy atom. The molecule has 17 heavy (non-hydrogen) atoms. The monoisotopic (exact) mass is 260 g/mol. The van der Waals surface area contributed by atoms with Crippen molar-refractivity contribution in [1.29, 1.82) is 0 Å². The summed E-state index contributed by atoms with van der Waals surface area (Å²) in [6.07, 6.45) is 3.48. The summed E-state index contributed by atoms with van der Waals surface area (Å²) < 4.78 is 22.5. The third-order valence-corrected chi connectivity index (χ3v) is 5.27. The molecule has 2 heterocycles. The lowest BCUT2D eigenvalue weighted by Gasteiger charge is -2.24. The normalized spacial score (nSPS) is 25.1. The van der Waals surface area contributed by atoms with Gasteiger partial charge in [-0.1, -0.05) is 0 Å². The van der Waals surface area contributed by atoms with E-state index in [0.29, 0.717) is 19.4 Å². The lowest BCUT2D eigenvalue weighted by molar-refractivity contribution is -0.129. The number of amides is 1. The van der Waals surface area contributed by atoms with Crippen LogP contribution in [0.15, 0.2) is 0 Å². The van der Waals surface area contributed by atoms with Crippen molar-refractivity contribution in [3.05, 3.63) is 0 Å². The third kappa shape index (κ3) is 3.67. The number of nitrogens with zero attached hydrogens (tertiary/aromatic N) is 1. The van der Waals surface area contributed by atoms with Gasteiger partial charge in [0.2, 0.25) is 5.91 Å². The third-order valence-electron chi connectivity index (χ3n) is 3.56. The Hall–Kier alpha value is -0.620. The minimum Gasteiger partial charge on any atom is -0.342 e. The molecule has 2 saturated heterocycles. The molecule has 0 aromatic carbocycles. The number of carbonyl (C=O) groups excluding carboxylic acids is 1. The summed E-state index contributed by atoms with van der Waals surface area (Å²) in [7, 11) is -2.81. The van der Waals surface area contributed by atoms with E-state index in [1.807, 2.05) is 4.90 Å². The smallest absolute Gasteiger partial charge is 0.236 e. The molecule has 0 radical (unpaired) electrons. The molecule has 0 unspecified atom stereocenters. The van der Waals surface area contributed by atoms with Gasteiger partial charge in [0.1, 0.15) is 9.84 Å². The molecule has 98 valence electrons. The van der Waals surface area contributed by atoms with Gasteiger partial charge in [-0.25, -0.2) is 8.42 Å². The van der Waals surface area contributed by atoms with E-state index in [2.05, 4.69) is 5.32 Å². The van der Waals surface area contributed by atoms with Crippen LogP contribution in [0.1, 0.15) is 25.7 Å². The van der Waals surface area contributed by atoms with E-state index in [1.54, 1.807) is 0 Å². The highest BCUT2D eigenvalue weighted by Crippen LogP contribution is 2.12. The maximum Gasteiger partial charge on any atom is 0.236 e. The van der Waals surface area contributed by atoms with Crippen LogP contribution in [0.2, 0.25) is 0 Å². The van der Waals surface area contributed by atoms with Crippen LogP contribution in [-0.4, -0.2) is 56.4 Å². The second-order valence-electron chi connectivity index (χ2n) is 4.89. The first kappa shape index (κ1) is 12.8. The number of likely N-dealkylation sites (tertiary alicyclic amines) is 1. The Morgan fingerprint density at radius 2 is 1.76 bits per heavy atom. The van der Waals surface area contributed by atoms with Crippen LogP contribution in [0.25, 0.3) is 0 Å². The van der Waals surface area contributed by atoms with Gasteiger partial charge in [0, 0.05) is 19.1 Å². The van der Waals surface area contributed by atoms with Crippen molar-refractivity contribution in [2.75, 3.05) is 31.1 Å². The molecule has 2 aliphatic heterocycles. The molecule has 0 aromatic heterocycles. The summed E-state index contributed by atoms with van der Waals surface area (Å²) in [6, 6.07) is 0.185. The minimum atomic E-state index is -2.81. The van der Waals surface area contributed by atoms with Gasteiger partial charge >= 0.3 is 0 Å². The summed E-state index contributed by atoms with van der Waals surface area (Å²) in [5.41, 5.74) is 0. The number of rotatable bonds is 3. The first-order chi connectivity index (χ1) is 8.07. The van der Waals surface area contributed by atoms with E-state index in [0.717, 1.165) is 25.9 Å². The van der Waals surface area contributed by atoms with Gasteiger partial charge in [-0.2, -0.15) is 0 Å². The molecule has 2 fully saturated rings. The zero-order chi connectivity index (χ0) is 12.3. The maximum atomic E-state index is 11.8. The van der Waals surface area contributed by atoms with Gasteiger partial charge in [0.05, 0.1) is 18.1 Å². The Balaban J connectivity index is 1.70. The molecule has 2 aliphatic rings. The second-order valence-corrected chi connectivity index (χ2v) is 7.20. The van der Waals surface area contributed by atoms with Crippen molar-refractivity contribution < 1.29 is 13.2 Å². The average molecular weight is 260 g/mol. The first-order valence-corrected chi connectivity index (χ1v) is 8.10. The molecule has 0 aromatic rings. The van der Waals surface area contributed by atoms with Crippen LogP contribution in [0.3, 0.4) is 0 Å². The van der Waals surface area contributed by atoms with Gasteiger partial charge in [-0.15, -0.1) is 0 Å². The number of hydrogen-bond acceptors (Lipinski definition) is 4. The molecule has 6 heteroatoms. The van der Waals surface area contributed by atoms with Crippen LogP contribution in [0.5, 0.6) is 0 Å². The number of hydrogen-bond donors (Lipinski definition) is 1. The van der Waals surface area contributed by atoms with E-state index in [-0.39, 0.29) is 23.5 Å². The van der Waals surface area contributed by atoms with E-state index in [1.165, 1.54) is 0 Å². The van der Waals surface area contributed by atoms with Crippen LogP contribution in [-0.2, 0) is 14.6 Å². The van der Waals surface area contributed by atoms with Crippen LogP contribution < -0.4 is 5.32 Å². The quantitative estimate of drug-likeness (QED) is 0.761. The number of nitrogens with one attached hydrogen (secondary N) is 1. The second kappa shape index (κ2) is 5.35. The number of carbonyl (C=O) groups is 1.